The van der Waals surface area contributed by atoms with Crippen LogP contribution in [0.25, 0.3) is 0 Å². The van der Waals surface area contributed by atoms with Gasteiger partial charge in [0.05, 0.1) is 7.11 Å². The molecule has 0 bridgehead atoms. The first-order chi connectivity index (χ1) is 12.0. The summed E-state index contributed by atoms with van der Waals surface area (Å²) in [4.78, 5) is 25.2. The second-order valence-corrected chi connectivity index (χ2v) is 6.03. The monoisotopic (exact) mass is 339 g/mol. The van der Waals surface area contributed by atoms with Crippen LogP contribution in [0, 0.1) is 0 Å². The van der Waals surface area contributed by atoms with Gasteiger partial charge in [0.15, 0.2) is 0 Å². The number of rotatable bonds is 4. The molecule has 0 atom stereocenters. The van der Waals surface area contributed by atoms with E-state index in [9.17, 15) is 9.59 Å². The SMILES string of the molecule is COc1ccc2c(c1)CN(C(=O)NCc1ccc(NC(C)=O)cc1)C2. The van der Waals surface area contributed by atoms with E-state index in [1.54, 1.807) is 12.0 Å². The number of methoxy groups -OCH3 is 1. The smallest absolute Gasteiger partial charge is 0.318 e. The van der Waals surface area contributed by atoms with E-state index in [2.05, 4.69) is 10.6 Å². The maximum Gasteiger partial charge on any atom is 0.318 e. The fraction of sp³-hybridized carbons (Fsp3) is 0.263. The molecule has 2 aromatic rings. The van der Waals surface area contributed by atoms with Gasteiger partial charge in [-0.05, 0) is 41.0 Å². The third-order valence-electron chi connectivity index (χ3n) is 4.14. The van der Waals surface area contributed by atoms with E-state index >= 15 is 0 Å². The molecule has 6 nitrogen and oxygen atoms in total. The van der Waals surface area contributed by atoms with Gasteiger partial charge in [0.25, 0.3) is 0 Å². The average Bonchev–Trinajstić information content (AvgIpc) is 3.03. The second-order valence-electron chi connectivity index (χ2n) is 6.03. The number of carbonyl (C=O) groups excluding carboxylic acids is 2. The van der Waals surface area contributed by atoms with E-state index in [1.807, 2.05) is 42.5 Å². The zero-order valence-electron chi connectivity index (χ0n) is 14.3. The fourth-order valence-corrected chi connectivity index (χ4v) is 2.84. The van der Waals surface area contributed by atoms with E-state index in [0.717, 1.165) is 28.1 Å². The van der Waals surface area contributed by atoms with Gasteiger partial charge < -0.3 is 20.3 Å². The molecule has 0 aromatic heterocycles. The van der Waals surface area contributed by atoms with Crippen LogP contribution in [0.15, 0.2) is 42.5 Å². The van der Waals surface area contributed by atoms with Gasteiger partial charge in [0.1, 0.15) is 5.75 Å². The van der Waals surface area contributed by atoms with E-state index in [-0.39, 0.29) is 11.9 Å². The van der Waals surface area contributed by atoms with Crippen molar-refractivity contribution in [3.63, 3.8) is 0 Å². The van der Waals surface area contributed by atoms with Crippen LogP contribution in [0.2, 0.25) is 0 Å². The van der Waals surface area contributed by atoms with Crippen LogP contribution in [0.4, 0.5) is 10.5 Å². The van der Waals surface area contributed by atoms with Crippen LogP contribution in [-0.4, -0.2) is 23.9 Å². The predicted molar refractivity (Wildman–Crippen MR) is 95.2 cm³/mol. The van der Waals surface area contributed by atoms with Crippen molar-refractivity contribution in [3.05, 3.63) is 59.2 Å². The molecule has 130 valence electrons. The number of benzene rings is 2. The predicted octanol–water partition coefficient (Wildman–Crippen LogP) is 2.88. The number of fused-ring (bicyclic) bond motifs is 1. The van der Waals surface area contributed by atoms with Gasteiger partial charge >= 0.3 is 6.03 Å². The number of carbonyl (C=O) groups is 2. The molecule has 1 heterocycles. The van der Waals surface area contributed by atoms with Crippen LogP contribution in [0.5, 0.6) is 5.75 Å². The summed E-state index contributed by atoms with van der Waals surface area (Å²) in [6, 6.07) is 13.2. The zero-order chi connectivity index (χ0) is 17.8. The van der Waals surface area contributed by atoms with Gasteiger partial charge in [-0.3, -0.25) is 4.79 Å². The van der Waals surface area contributed by atoms with E-state index in [4.69, 9.17) is 4.74 Å². The fourth-order valence-electron chi connectivity index (χ4n) is 2.84. The largest absolute Gasteiger partial charge is 0.497 e. The van der Waals surface area contributed by atoms with Crippen LogP contribution >= 0.6 is 0 Å². The molecule has 0 radical (unpaired) electrons. The minimum atomic E-state index is -0.105. The minimum absolute atomic E-state index is 0.0962. The summed E-state index contributed by atoms with van der Waals surface area (Å²) in [6.07, 6.45) is 0. The highest BCUT2D eigenvalue weighted by Crippen LogP contribution is 2.26. The highest BCUT2D eigenvalue weighted by molar-refractivity contribution is 5.88. The lowest BCUT2D eigenvalue weighted by Crippen LogP contribution is -2.35. The molecule has 2 aromatic carbocycles. The Morgan fingerprint density at radius 1 is 1.08 bits per heavy atom. The first kappa shape index (κ1) is 16.8. The summed E-state index contributed by atoms with van der Waals surface area (Å²) >= 11 is 0. The van der Waals surface area contributed by atoms with E-state index in [1.165, 1.54) is 6.92 Å². The van der Waals surface area contributed by atoms with Gasteiger partial charge in [-0.1, -0.05) is 18.2 Å². The lowest BCUT2D eigenvalue weighted by atomic mass is 10.1. The van der Waals surface area contributed by atoms with Crippen molar-refractivity contribution >= 4 is 17.6 Å². The van der Waals surface area contributed by atoms with Crippen molar-refractivity contribution in [1.29, 1.82) is 0 Å². The average molecular weight is 339 g/mol. The Balaban J connectivity index is 1.54. The number of nitrogens with one attached hydrogen (secondary N) is 2. The van der Waals surface area contributed by atoms with Gasteiger partial charge in [0, 0.05) is 32.2 Å². The summed E-state index contributed by atoms with van der Waals surface area (Å²) < 4.78 is 5.23. The van der Waals surface area contributed by atoms with Gasteiger partial charge in [-0.15, -0.1) is 0 Å². The lowest BCUT2D eigenvalue weighted by Gasteiger charge is -2.16. The number of ether oxygens (including phenoxy) is 1. The molecule has 3 amide bonds. The Morgan fingerprint density at radius 3 is 2.48 bits per heavy atom. The molecule has 0 unspecified atom stereocenters. The normalized spacial score (nSPS) is 12.5. The third-order valence-corrected chi connectivity index (χ3v) is 4.14. The Hall–Kier alpha value is -3.02. The Kier molecular flexibility index (Phi) is 4.88. The summed E-state index contributed by atoms with van der Waals surface area (Å²) in [7, 11) is 1.64. The number of hydrogen-bond donors (Lipinski definition) is 2. The molecular formula is C19H21N3O3. The van der Waals surface area contributed by atoms with E-state index < -0.39 is 0 Å². The molecule has 1 aliphatic rings. The topological polar surface area (TPSA) is 70.7 Å². The van der Waals surface area contributed by atoms with Crippen molar-refractivity contribution in [2.45, 2.75) is 26.6 Å². The Morgan fingerprint density at radius 2 is 1.80 bits per heavy atom. The molecule has 6 heteroatoms. The summed E-state index contributed by atoms with van der Waals surface area (Å²) in [5.74, 6) is 0.701. The van der Waals surface area contributed by atoms with Crippen molar-refractivity contribution < 1.29 is 14.3 Å². The molecule has 2 N–H and O–H groups in total. The van der Waals surface area contributed by atoms with Crippen molar-refractivity contribution in [3.8, 4) is 5.75 Å². The second kappa shape index (κ2) is 7.25. The molecule has 3 rings (SSSR count). The molecule has 0 saturated carbocycles. The van der Waals surface area contributed by atoms with Gasteiger partial charge in [-0.2, -0.15) is 0 Å². The molecule has 0 spiro atoms. The maximum absolute atomic E-state index is 12.4. The van der Waals surface area contributed by atoms with Gasteiger partial charge in [0.2, 0.25) is 5.91 Å². The number of amides is 3. The van der Waals surface area contributed by atoms with Crippen LogP contribution in [-0.2, 0) is 24.4 Å². The molecule has 0 saturated heterocycles. The molecule has 1 aliphatic heterocycles. The van der Waals surface area contributed by atoms with Crippen molar-refractivity contribution in [2.75, 3.05) is 12.4 Å². The summed E-state index contributed by atoms with van der Waals surface area (Å²) in [5.41, 5.74) is 3.98. The standard InChI is InChI=1S/C19H21N3O3/c1-13(23)21-17-6-3-14(4-7-17)10-20-19(24)22-11-15-5-8-18(25-2)9-16(15)12-22/h3-9H,10-12H2,1-2H3,(H,20,24)(H,21,23). The minimum Gasteiger partial charge on any atom is -0.497 e. The summed E-state index contributed by atoms with van der Waals surface area (Å²) in [5, 5.41) is 5.65. The molecule has 25 heavy (non-hydrogen) atoms. The molecule has 0 aliphatic carbocycles. The first-order valence-electron chi connectivity index (χ1n) is 8.10. The highest BCUT2D eigenvalue weighted by Gasteiger charge is 2.23. The molecule has 0 fully saturated rings. The number of anilines is 1. The van der Waals surface area contributed by atoms with Gasteiger partial charge in [-0.25, -0.2) is 4.79 Å². The number of hydrogen-bond acceptors (Lipinski definition) is 3. The Labute approximate surface area is 146 Å². The number of urea groups is 1. The lowest BCUT2D eigenvalue weighted by molar-refractivity contribution is -0.114. The molecular weight excluding hydrogens is 318 g/mol. The van der Waals surface area contributed by atoms with Crippen LogP contribution < -0.4 is 15.4 Å². The van der Waals surface area contributed by atoms with E-state index in [0.29, 0.717) is 19.6 Å². The highest BCUT2D eigenvalue weighted by atomic mass is 16.5. The third kappa shape index (κ3) is 4.09. The van der Waals surface area contributed by atoms with Crippen molar-refractivity contribution in [2.24, 2.45) is 0 Å². The number of nitrogens with zero attached hydrogens (tertiary/aromatic N) is 1. The summed E-state index contributed by atoms with van der Waals surface area (Å²) in [6.45, 7) is 3.10. The Bertz CT molecular complexity index is 787. The van der Waals surface area contributed by atoms with Crippen LogP contribution in [0.1, 0.15) is 23.6 Å². The van der Waals surface area contributed by atoms with Crippen molar-refractivity contribution in [1.82, 2.24) is 10.2 Å². The van der Waals surface area contributed by atoms with Crippen LogP contribution in [0.3, 0.4) is 0 Å². The maximum atomic E-state index is 12.4. The zero-order valence-corrected chi connectivity index (χ0v) is 14.3. The quantitative estimate of drug-likeness (QED) is 0.900. The first-order valence-corrected chi connectivity index (χ1v) is 8.10.